The van der Waals surface area contributed by atoms with E-state index in [4.69, 9.17) is 0 Å². The minimum atomic E-state index is 1.13. The SMILES string of the molecule is Brc1ccc2c([nH]c3ccccc32)c1-c1cccs1. The predicted octanol–water partition coefficient (Wildman–Crippen LogP) is 5.81. The molecule has 0 aliphatic rings. The topological polar surface area (TPSA) is 15.8 Å². The van der Waals surface area contributed by atoms with Crippen molar-refractivity contribution >= 4 is 49.1 Å². The molecule has 2 aromatic carbocycles. The van der Waals surface area contributed by atoms with Gasteiger partial charge in [0.05, 0.1) is 5.52 Å². The van der Waals surface area contributed by atoms with E-state index >= 15 is 0 Å². The number of thiophene rings is 1. The van der Waals surface area contributed by atoms with Gasteiger partial charge in [0.15, 0.2) is 0 Å². The number of halogens is 1. The Morgan fingerprint density at radius 3 is 2.63 bits per heavy atom. The number of hydrogen-bond donors (Lipinski definition) is 1. The summed E-state index contributed by atoms with van der Waals surface area (Å²) in [6.45, 7) is 0. The van der Waals surface area contributed by atoms with Crippen LogP contribution in [0.4, 0.5) is 0 Å². The van der Waals surface area contributed by atoms with Gasteiger partial charge in [-0.2, -0.15) is 0 Å². The fourth-order valence-electron chi connectivity index (χ4n) is 2.55. The van der Waals surface area contributed by atoms with Gasteiger partial charge in [-0.1, -0.05) is 46.3 Å². The molecule has 92 valence electrons. The largest absolute Gasteiger partial charge is 0.354 e. The molecule has 2 heterocycles. The number of para-hydroxylation sites is 1. The van der Waals surface area contributed by atoms with Crippen LogP contribution in [0.2, 0.25) is 0 Å². The Morgan fingerprint density at radius 1 is 0.895 bits per heavy atom. The van der Waals surface area contributed by atoms with Gasteiger partial charge < -0.3 is 4.98 Å². The second-order valence-corrected chi connectivity index (χ2v) is 6.29. The molecular weight excluding hydrogens is 318 g/mol. The lowest BCUT2D eigenvalue weighted by molar-refractivity contribution is 1.54. The number of aromatic amines is 1. The number of benzene rings is 2. The van der Waals surface area contributed by atoms with E-state index < -0.39 is 0 Å². The summed E-state index contributed by atoms with van der Waals surface area (Å²) < 4.78 is 1.13. The molecule has 19 heavy (non-hydrogen) atoms. The Labute approximate surface area is 123 Å². The number of fused-ring (bicyclic) bond motifs is 3. The third-order valence-corrected chi connectivity index (χ3v) is 4.95. The smallest absolute Gasteiger partial charge is 0.0564 e. The molecule has 0 aliphatic heterocycles. The summed E-state index contributed by atoms with van der Waals surface area (Å²) in [4.78, 5) is 4.83. The Balaban J connectivity index is 2.20. The van der Waals surface area contributed by atoms with Crippen molar-refractivity contribution in [2.75, 3.05) is 0 Å². The van der Waals surface area contributed by atoms with Crippen molar-refractivity contribution in [3.8, 4) is 10.4 Å². The van der Waals surface area contributed by atoms with Crippen LogP contribution >= 0.6 is 27.3 Å². The van der Waals surface area contributed by atoms with Crippen molar-refractivity contribution in [2.45, 2.75) is 0 Å². The van der Waals surface area contributed by atoms with Crippen LogP contribution in [0.3, 0.4) is 0 Å². The summed E-state index contributed by atoms with van der Waals surface area (Å²) in [5, 5.41) is 4.67. The molecule has 0 spiro atoms. The lowest BCUT2D eigenvalue weighted by Crippen LogP contribution is -1.79. The van der Waals surface area contributed by atoms with Crippen molar-refractivity contribution in [1.29, 1.82) is 0 Å². The highest BCUT2D eigenvalue weighted by molar-refractivity contribution is 9.10. The molecule has 0 amide bonds. The summed E-state index contributed by atoms with van der Waals surface area (Å²) in [5.41, 5.74) is 3.65. The van der Waals surface area contributed by atoms with Gasteiger partial charge in [0.25, 0.3) is 0 Å². The molecule has 0 unspecified atom stereocenters. The van der Waals surface area contributed by atoms with E-state index in [-0.39, 0.29) is 0 Å². The highest BCUT2D eigenvalue weighted by Gasteiger charge is 2.13. The number of H-pyrrole nitrogens is 1. The molecule has 4 rings (SSSR count). The summed E-state index contributed by atoms with van der Waals surface area (Å²) >= 11 is 5.45. The highest BCUT2D eigenvalue weighted by atomic mass is 79.9. The molecule has 0 aliphatic carbocycles. The first kappa shape index (κ1) is 11.3. The fraction of sp³-hybridized carbons (Fsp3) is 0. The third kappa shape index (κ3) is 1.66. The van der Waals surface area contributed by atoms with Gasteiger partial charge in [-0.3, -0.25) is 0 Å². The molecule has 0 bridgehead atoms. The molecule has 2 aromatic heterocycles. The van der Waals surface area contributed by atoms with Crippen LogP contribution < -0.4 is 0 Å². The molecule has 0 fully saturated rings. The number of rotatable bonds is 1. The second kappa shape index (κ2) is 4.22. The molecule has 0 saturated carbocycles. The van der Waals surface area contributed by atoms with Crippen LogP contribution in [-0.4, -0.2) is 4.98 Å². The Bertz CT molecular complexity index is 874. The van der Waals surface area contributed by atoms with Crippen molar-refractivity contribution in [3.05, 3.63) is 58.4 Å². The molecule has 1 nitrogen and oxygen atoms in total. The predicted molar refractivity (Wildman–Crippen MR) is 86.8 cm³/mol. The van der Waals surface area contributed by atoms with E-state index in [1.54, 1.807) is 11.3 Å². The van der Waals surface area contributed by atoms with Crippen molar-refractivity contribution in [3.63, 3.8) is 0 Å². The van der Waals surface area contributed by atoms with Crippen LogP contribution in [-0.2, 0) is 0 Å². The van der Waals surface area contributed by atoms with Crippen LogP contribution in [0.1, 0.15) is 0 Å². The van der Waals surface area contributed by atoms with E-state index in [1.807, 2.05) is 0 Å². The van der Waals surface area contributed by atoms with Gasteiger partial charge in [0.1, 0.15) is 0 Å². The van der Waals surface area contributed by atoms with E-state index in [1.165, 1.54) is 32.2 Å². The summed E-state index contributed by atoms with van der Waals surface area (Å²) in [7, 11) is 0. The maximum absolute atomic E-state index is 3.68. The maximum atomic E-state index is 3.68. The van der Waals surface area contributed by atoms with E-state index in [0.29, 0.717) is 0 Å². The van der Waals surface area contributed by atoms with Gasteiger partial charge >= 0.3 is 0 Å². The lowest BCUT2D eigenvalue weighted by Gasteiger charge is -2.03. The first-order chi connectivity index (χ1) is 9.34. The fourth-order valence-corrected chi connectivity index (χ4v) is 4.02. The Kier molecular flexibility index (Phi) is 2.50. The molecule has 0 radical (unpaired) electrons. The quantitative estimate of drug-likeness (QED) is 0.454. The summed E-state index contributed by atoms with van der Waals surface area (Å²) in [6.07, 6.45) is 0. The number of aromatic nitrogens is 1. The van der Waals surface area contributed by atoms with Crippen LogP contribution in [0.5, 0.6) is 0 Å². The van der Waals surface area contributed by atoms with E-state index in [0.717, 1.165) is 4.47 Å². The lowest BCUT2D eigenvalue weighted by atomic mass is 10.1. The zero-order chi connectivity index (χ0) is 12.8. The zero-order valence-electron chi connectivity index (χ0n) is 9.98. The van der Waals surface area contributed by atoms with Crippen molar-refractivity contribution in [1.82, 2.24) is 4.98 Å². The molecule has 1 N–H and O–H groups in total. The van der Waals surface area contributed by atoms with Crippen molar-refractivity contribution < 1.29 is 0 Å². The highest BCUT2D eigenvalue weighted by Crippen LogP contribution is 2.39. The summed E-state index contributed by atoms with van der Waals surface area (Å²) in [5.74, 6) is 0. The third-order valence-electron chi connectivity index (χ3n) is 3.40. The van der Waals surface area contributed by atoms with Crippen LogP contribution in [0, 0.1) is 0 Å². The monoisotopic (exact) mass is 327 g/mol. The zero-order valence-corrected chi connectivity index (χ0v) is 12.4. The van der Waals surface area contributed by atoms with Gasteiger partial charge in [-0.25, -0.2) is 0 Å². The molecule has 3 heteroatoms. The average molecular weight is 328 g/mol. The van der Waals surface area contributed by atoms with Gasteiger partial charge in [-0.15, -0.1) is 11.3 Å². The standard InChI is InChI=1S/C16H10BrNS/c17-12-8-7-11-10-4-1-2-5-13(10)18-16(11)15(12)14-6-3-9-19-14/h1-9,18H. The van der Waals surface area contributed by atoms with Gasteiger partial charge in [0.2, 0.25) is 0 Å². The van der Waals surface area contributed by atoms with E-state index in [9.17, 15) is 0 Å². The first-order valence-corrected chi connectivity index (χ1v) is 7.74. The van der Waals surface area contributed by atoms with Crippen LogP contribution in [0.25, 0.3) is 32.2 Å². The first-order valence-electron chi connectivity index (χ1n) is 6.07. The second-order valence-electron chi connectivity index (χ2n) is 4.49. The molecule has 0 atom stereocenters. The number of nitrogens with one attached hydrogen (secondary N) is 1. The normalized spacial score (nSPS) is 11.4. The Hall–Kier alpha value is -1.58. The van der Waals surface area contributed by atoms with Gasteiger partial charge in [0, 0.05) is 31.2 Å². The average Bonchev–Trinajstić information content (AvgIpc) is 3.05. The molecular formula is C16H10BrNS. The maximum Gasteiger partial charge on any atom is 0.0564 e. The van der Waals surface area contributed by atoms with Crippen LogP contribution in [0.15, 0.2) is 58.4 Å². The minimum absolute atomic E-state index is 1.13. The molecule has 0 saturated heterocycles. The van der Waals surface area contributed by atoms with Gasteiger partial charge in [-0.05, 0) is 23.6 Å². The molecule has 4 aromatic rings. The minimum Gasteiger partial charge on any atom is -0.354 e. The van der Waals surface area contributed by atoms with E-state index in [2.05, 4.69) is 74.8 Å². The summed E-state index contributed by atoms with van der Waals surface area (Å²) in [6, 6.07) is 17.0. The Morgan fingerprint density at radius 2 is 1.79 bits per heavy atom. The number of hydrogen-bond acceptors (Lipinski definition) is 1. The van der Waals surface area contributed by atoms with Crippen molar-refractivity contribution in [2.24, 2.45) is 0 Å².